The summed E-state index contributed by atoms with van der Waals surface area (Å²) in [5.41, 5.74) is 5.75. The summed E-state index contributed by atoms with van der Waals surface area (Å²) in [6.07, 6.45) is 1.41. The van der Waals surface area contributed by atoms with Gasteiger partial charge in [0.25, 0.3) is 0 Å². The molecule has 1 heterocycles. The predicted molar refractivity (Wildman–Crippen MR) is 54.0 cm³/mol. The fourth-order valence-electron chi connectivity index (χ4n) is 1.38. The van der Waals surface area contributed by atoms with E-state index in [1.807, 2.05) is 0 Å². The summed E-state index contributed by atoms with van der Waals surface area (Å²) < 4.78 is 26.7. The highest BCUT2D eigenvalue weighted by Crippen LogP contribution is 2.26. The van der Waals surface area contributed by atoms with E-state index in [0.29, 0.717) is 5.56 Å². The van der Waals surface area contributed by atoms with E-state index in [1.165, 1.54) is 36.5 Å². The zero-order valence-corrected chi connectivity index (χ0v) is 7.74. The Balaban J connectivity index is 2.63. The van der Waals surface area contributed by atoms with Crippen molar-refractivity contribution in [1.29, 1.82) is 0 Å². The van der Waals surface area contributed by atoms with Crippen LogP contribution in [0.25, 0.3) is 11.1 Å². The maximum absolute atomic E-state index is 13.4. The van der Waals surface area contributed by atoms with Crippen LogP contribution in [0.1, 0.15) is 0 Å². The molecule has 2 aromatic rings. The number of hydrogen-bond donors (Lipinski definition) is 1. The van der Waals surface area contributed by atoms with Crippen LogP contribution in [0.5, 0.6) is 0 Å². The molecule has 1 aromatic carbocycles. The van der Waals surface area contributed by atoms with E-state index in [0.717, 1.165) is 0 Å². The first-order chi connectivity index (χ1) is 7.18. The van der Waals surface area contributed by atoms with Crippen molar-refractivity contribution in [1.82, 2.24) is 4.98 Å². The molecule has 0 amide bonds. The summed E-state index contributed by atoms with van der Waals surface area (Å²) in [6.45, 7) is 0. The second-order valence-electron chi connectivity index (χ2n) is 3.07. The second kappa shape index (κ2) is 3.65. The Morgan fingerprint density at radius 3 is 2.33 bits per heavy atom. The van der Waals surface area contributed by atoms with Crippen LogP contribution in [0, 0.1) is 11.6 Å². The number of hydrogen-bond acceptors (Lipinski definition) is 2. The molecular formula is C11H8F2N2. The number of pyridine rings is 1. The van der Waals surface area contributed by atoms with Crippen LogP contribution in [0.4, 0.5) is 14.6 Å². The van der Waals surface area contributed by atoms with E-state index in [1.54, 1.807) is 0 Å². The van der Waals surface area contributed by atoms with Crippen molar-refractivity contribution in [2.45, 2.75) is 0 Å². The van der Waals surface area contributed by atoms with Gasteiger partial charge in [0, 0.05) is 6.20 Å². The van der Waals surface area contributed by atoms with Gasteiger partial charge in [0.1, 0.15) is 17.5 Å². The topological polar surface area (TPSA) is 38.9 Å². The Morgan fingerprint density at radius 2 is 1.73 bits per heavy atom. The van der Waals surface area contributed by atoms with E-state index in [9.17, 15) is 8.78 Å². The average Bonchev–Trinajstić information content (AvgIpc) is 2.17. The first-order valence-electron chi connectivity index (χ1n) is 4.34. The highest BCUT2D eigenvalue weighted by molar-refractivity contribution is 5.66. The number of benzene rings is 1. The van der Waals surface area contributed by atoms with Crippen molar-refractivity contribution in [3.63, 3.8) is 0 Å². The van der Waals surface area contributed by atoms with Crippen molar-refractivity contribution in [2.75, 3.05) is 5.73 Å². The summed E-state index contributed by atoms with van der Waals surface area (Å²) in [5, 5.41) is 0. The monoisotopic (exact) mass is 206 g/mol. The molecule has 15 heavy (non-hydrogen) atoms. The third kappa shape index (κ3) is 1.79. The minimum atomic E-state index is -0.611. The van der Waals surface area contributed by atoms with Crippen LogP contribution >= 0.6 is 0 Å². The Hall–Kier alpha value is -1.97. The number of rotatable bonds is 1. The number of anilines is 1. The average molecular weight is 206 g/mol. The number of halogens is 2. The summed E-state index contributed by atoms with van der Waals surface area (Å²) in [7, 11) is 0. The molecule has 0 fully saturated rings. The van der Waals surface area contributed by atoms with Crippen molar-refractivity contribution < 1.29 is 8.78 Å². The van der Waals surface area contributed by atoms with Gasteiger partial charge in [0.2, 0.25) is 0 Å². The molecular weight excluding hydrogens is 198 g/mol. The van der Waals surface area contributed by atoms with Gasteiger partial charge in [-0.2, -0.15) is 0 Å². The van der Waals surface area contributed by atoms with Crippen LogP contribution in [-0.4, -0.2) is 4.98 Å². The van der Waals surface area contributed by atoms with Crippen LogP contribution < -0.4 is 5.73 Å². The van der Waals surface area contributed by atoms with E-state index in [2.05, 4.69) is 4.98 Å². The van der Waals surface area contributed by atoms with Crippen LogP contribution in [-0.2, 0) is 0 Å². The van der Waals surface area contributed by atoms with E-state index in [-0.39, 0.29) is 11.4 Å². The Kier molecular flexibility index (Phi) is 2.33. The lowest BCUT2D eigenvalue weighted by Gasteiger charge is -2.04. The fourth-order valence-corrected chi connectivity index (χ4v) is 1.38. The van der Waals surface area contributed by atoms with Crippen molar-refractivity contribution >= 4 is 5.82 Å². The molecule has 0 bridgehead atoms. The fraction of sp³-hybridized carbons (Fsp3) is 0. The molecule has 0 aliphatic heterocycles. The largest absolute Gasteiger partial charge is 0.384 e. The standard InChI is InChI=1S/C11H8F2N2/c12-8-2-1-3-9(13)11(8)7-4-5-15-10(14)6-7/h1-6H,(H2,14,15). The number of nitrogens with two attached hydrogens (primary N) is 1. The van der Waals surface area contributed by atoms with E-state index >= 15 is 0 Å². The highest BCUT2D eigenvalue weighted by atomic mass is 19.1. The van der Waals surface area contributed by atoms with E-state index in [4.69, 9.17) is 5.73 Å². The molecule has 0 atom stereocenters. The lowest BCUT2D eigenvalue weighted by molar-refractivity contribution is 0.589. The molecule has 2 N–H and O–H groups in total. The molecule has 0 spiro atoms. The highest BCUT2D eigenvalue weighted by Gasteiger charge is 2.10. The zero-order valence-electron chi connectivity index (χ0n) is 7.74. The molecule has 2 rings (SSSR count). The van der Waals surface area contributed by atoms with Gasteiger partial charge in [-0.15, -0.1) is 0 Å². The molecule has 0 saturated heterocycles. The Bertz CT molecular complexity index is 477. The molecule has 2 nitrogen and oxygen atoms in total. The summed E-state index contributed by atoms with van der Waals surface area (Å²) in [5.74, 6) is -0.989. The lowest BCUT2D eigenvalue weighted by atomic mass is 10.1. The smallest absolute Gasteiger partial charge is 0.133 e. The Morgan fingerprint density at radius 1 is 1.07 bits per heavy atom. The third-order valence-electron chi connectivity index (χ3n) is 2.03. The van der Waals surface area contributed by atoms with Gasteiger partial charge in [-0.05, 0) is 29.8 Å². The zero-order chi connectivity index (χ0) is 10.8. The number of aromatic nitrogens is 1. The molecule has 1 aromatic heterocycles. The number of nitrogen functional groups attached to an aromatic ring is 1. The van der Waals surface area contributed by atoms with Crippen molar-refractivity contribution in [3.05, 3.63) is 48.2 Å². The molecule has 0 saturated carbocycles. The maximum Gasteiger partial charge on any atom is 0.133 e. The normalized spacial score (nSPS) is 10.3. The second-order valence-corrected chi connectivity index (χ2v) is 3.07. The Labute approximate surface area is 85.4 Å². The van der Waals surface area contributed by atoms with Gasteiger partial charge < -0.3 is 5.73 Å². The molecule has 4 heteroatoms. The SMILES string of the molecule is Nc1cc(-c2c(F)cccc2F)ccn1. The van der Waals surface area contributed by atoms with Gasteiger partial charge in [0.15, 0.2) is 0 Å². The quantitative estimate of drug-likeness (QED) is 0.778. The van der Waals surface area contributed by atoms with Crippen LogP contribution in [0.3, 0.4) is 0 Å². The predicted octanol–water partition coefficient (Wildman–Crippen LogP) is 2.61. The summed E-state index contributed by atoms with van der Waals surface area (Å²) in [4.78, 5) is 3.76. The van der Waals surface area contributed by atoms with Crippen LogP contribution in [0.15, 0.2) is 36.5 Å². The maximum atomic E-state index is 13.4. The summed E-state index contributed by atoms with van der Waals surface area (Å²) >= 11 is 0. The number of nitrogens with zero attached hydrogens (tertiary/aromatic N) is 1. The van der Waals surface area contributed by atoms with Crippen molar-refractivity contribution in [2.24, 2.45) is 0 Å². The van der Waals surface area contributed by atoms with Gasteiger partial charge in [-0.25, -0.2) is 13.8 Å². The lowest BCUT2D eigenvalue weighted by Crippen LogP contribution is -1.93. The molecule has 0 aliphatic carbocycles. The third-order valence-corrected chi connectivity index (χ3v) is 2.03. The van der Waals surface area contributed by atoms with E-state index < -0.39 is 11.6 Å². The first-order valence-corrected chi connectivity index (χ1v) is 4.34. The van der Waals surface area contributed by atoms with Crippen molar-refractivity contribution in [3.8, 4) is 11.1 Å². The minimum absolute atomic E-state index is 0.0772. The first kappa shape index (κ1) is 9.58. The van der Waals surface area contributed by atoms with Gasteiger partial charge >= 0.3 is 0 Å². The molecule has 76 valence electrons. The van der Waals surface area contributed by atoms with Crippen LogP contribution in [0.2, 0.25) is 0 Å². The molecule has 0 radical (unpaired) electrons. The minimum Gasteiger partial charge on any atom is -0.384 e. The molecule has 0 unspecified atom stereocenters. The van der Waals surface area contributed by atoms with Gasteiger partial charge in [-0.3, -0.25) is 0 Å². The van der Waals surface area contributed by atoms with Gasteiger partial charge in [0.05, 0.1) is 5.56 Å². The summed E-state index contributed by atoms with van der Waals surface area (Å²) in [6, 6.07) is 6.67. The molecule has 0 aliphatic rings. The van der Waals surface area contributed by atoms with Gasteiger partial charge in [-0.1, -0.05) is 6.07 Å².